The zero-order chi connectivity index (χ0) is 14.7. The molecule has 20 heavy (non-hydrogen) atoms. The van der Waals surface area contributed by atoms with Crippen LogP contribution in [0.4, 0.5) is 0 Å². The Kier molecular flexibility index (Phi) is 3.84. The molecule has 2 rings (SSSR count). The molecule has 104 valence electrons. The van der Waals surface area contributed by atoms with E-state index in [9.17, 15) is 14.4 Å². The van der Waals surface area contributed by atoms with Crippen LogP contribution in [-0.4, -0.2) is 23.5 Å². The Balaban J connectivity index is 2.55. The van der Waals surface area contributed by atoms with Gasteiger partial charge in [-0.1, -0.05) is 0 Å². The van der Waals surface area contributed by atoms with Crippen LogP contribution in [-0.2, 0) is 9.53 Å². The van der Waals surface area contributed by atoms with Crippen LogP contribution in [0.1, 0.15) is 24.2 Å². The van der Waals surface area contributed by atoms with E-state index < -0.39 is 17.4 Å². The monoisotopic (exact) mass is 275 g/mol. The first kappa shape index (κ1) is 13.8. The van der Waals surface area contributed by atoms with Gasteiger partial charge in [-0.3, -0.25) is 9.59 Å². The average molecular weight is 275 g/mol. The number of carbonyl (C=O) groups is 2. The van der Waals surface area contributed by atoms with E-state index in [4.69, 9.17) is 9.47 Å². The Hall–Kier alpha value is -2.63. The van der Waals surface area contributed by atoms with Crippen molar-refractivity contribution < 1.29 is 19.1 Å². The van der Waals surface area contributed by atoms with Crippen molar-refractivity contribution in [2.24, 2.45) is 0 Å². The van der Waals surface area contributed by atoms with Gasteiger partial charge in [0, 0.05) is 18.6 Å². The molecule has 0 saturated carbocycles. The maximum Gasteiger partial charge on any atom is 0.343 e. The van der Waals surface area contributed by atoms with Crippen LogP contribution < -0.4 is 10.2 Å². The molecule has 1 aromatic heterocycles. The molecule has 6 nitrogen and oxygen atoms in total. The molecule has 0 fully saturated rings. The Labute approximate surface area is 114 Å². The van der Waals surface area contributed by atoms with E-state index in [0.29, 0.717) is 5.52 Å². The summed E-state index contributed by atoms with van der Waals surface area (Å²) in [4.78, 5) is 37.6. The maximum atomic E-state index is 12.2. The minimum Gasteiger partial charge on any atom is -0.462 e. The SMILES string of the molecule is CCOC(=O)c1c[nH]c2ccc(OC(C)=O)cc2c1=O. The van der Waals surface area contributed by atoms with Gasteiger partial charge in [0.15, 0.2) is 0 Å². The Morgan fingerprint density at radius 2 is 2.05 bits per heavy atom. The van der Waals surface area contributed by atoms with Crippen molar-refractivity contribution in [1.82, 2.24) is 4.98 Å². The molecule has 0 aliphatic heterocycles. The fourth-order valence-corrected chi connectivity index (χ4v) is 1.79. The largest absolute Gasteiger partial charge is 0.462 e. The highest BCUT2D eigenvalue weighted by Crippen LogP contribution is 2.17. The molecule has 0 atom stereocenters. The molecule has 1 heterocycles. The number of esters is 2. The zero-order valence-corrected chi connectivity index (χ0v) is 11.1. The molecular weight excluding hydrogens is 262 g/mol. The third-order valence-electron chi connectivity index (χ3n) is 2.61. The summed E-state index contributed by atoms with van der Waals surface area (Å²) in [7, 11) is 0. The number of benzene rings is 1. The number of H-pyrrole nitrogens is 1. The molecule has 0 unspecified atom stereocenters. The van der Waals surface area contributed by atoms with Gasteiger partial charge in [0.05, 0.1) is 12.0 Å². The van der Waals surface area contributed by atoms with Gasteiger partial charge < -0.3 is 14.5 Å². The quantitative estimate of drug-likeness (QED) is 0.679. The third kappa shape index (κ3) is 2.69. The van der Waals surface area contributed by atoms with Gasteiger partial charge in [-0.15, -0.1) is 0 Å². The lowest BCUT2D eigenvalue weighted by molar-refractivity contribution is -0.131. The van der Waals surface area contributed by atoms with Crippen molar-refractivity contribution in [2.45, 2.75) is 13.8 Å². The van der Waals surface area contributed by atoms with Crippen molar-refractivity contribution in [3.63, 3.8) is 0 Å². The first-order valence-corrected chi connectivity index (χ1v) is 6.04. The number of hydrogen-bond donors (Lipinski definition) is 1. The number of aromatic nitrogens is 1. The molecule has 0 bridgehead atoms. The Morgan fingerprint density at radius 1 is 1.30 bits per heavy atom. The van der Waals surface area contributed by atoms with E-state index in [0.717, 1.165) is 0 Å². The molecule has 1 N–H and O–H groups in total. The normalized spacial score (nSPS) is 10.3. The molecule has 0 saturated heterocycles. The average Bonchev–Trinajstić information content (AvgIpc) is 2.39. The molecule has 0 radical (unpaired) electrons. The highest BCUT2D eigenvalue weighted by molar-refractivity contribution is 5.93. The van der Waals surface area contributed by atoms with Crippen molar-refractivity contribution in [3.05, 3.63) is 40.2 Å². The van der Waals surface area contributed by atoms with Crippen molar-refractivity contribution in [2.75, 3.05) is 6.61 Å². The summed E-state index contributed by atoms with van der Waals surface area (Å²) in [5, 5.41) is 0.259. The van der Waals surface area contributed by atoms with Gasteiger partial charge in [-0.25, -0.2) is 4.79 Å². The summed E-state index contributed by atoms with van der Waals surface area (Å²) < 4.78 is 9.73. The van der Waals surface area contributed by atoms with E-state index >= 15 is 0 Å². The fraction of sp³-hybridized carbons (Fsp3) is 0.214. The van der Waals surface area contributed by atoms with E-state index in [-0.39, 0.29) is 23.3 Å². The third-order valence-corrected chi connectivity index (χ3v) is 2.61. The smallest absolute Gasteiger partial charge is 0.343 e. The van der Waals surface area contributed by atoms with Crippen LogP contribution in [0.25, 0.3) is 10.9 Å². The number of nitrogens with one attached hydrogen (secondary N) is 1. The molecule has 0 spiro atoms. The molecule has 1 aromatic carbocycles. The van der Waals surface area contributed by atoms with E-state index in [1.807, 2.05) is 0 Å². The van der Waals surface area contributed by atoms with Crippen LogP contribution >= 0.6 is 0 Å². The van der Waals surface area contributed by atoms with Crippen molar-refractivity contribution >= 4 is 22.8 Å². The maximum absolute atomic E-state index is 12.2. The topological polar surface area (TPSA) is 85.5 Å². The Bertz CT molecular complexity index is 732. The lowest BCUT2D eigenvalue weighted by Crippen LogP contribution is -2.18. The summed E-state index contributed by atoms with van der Waals surface area (Å²) in [5.41, 5.74) is -0.00974. The van der Waals surface area contributed by atoms with Crippen LogP contribution in [0.2, 0.25) is 0 Å². The minimum atomic E-state index is -0.687. The van der Waals surface area contributed by atoms with Crippen LogP contribution in [0, 0.1) is 0 Å². The van der Waals surface area contributed by atoms with Gasteiger partial charge in [0.25, 0.3) is 0 Å². The molecular formula is C14H13NO5. The van der Waals surface area contributed by atoms with E-state index in [2.05, 4.69) is 4.98 Å². The standard InChI is InChI=1S/C14H13NO5/c1-3-19-14(18)11-7-15-12-5-4-9(20-8(2)16)6-10(12)13(11)17/h4-7H,3H2,1-2H3,(H,15,17). The predicted molar refractivity (Wildman–Crippen MR) is 71.8 cm³/mol. The van der Waals surface area contributed by atoms with Crippen molar-refractivity contribution in [1.29, 1.82) is 0 Å². The number of fused-ring (bicyclic) bond motifs is 1. The van der Waals surface area contributed by atoms with Crippen LogP contribution in [0.5, 0.6) is 5.75 Å². The summed E-state index contributed by atoms with van der Waals surface area (Å²) in [6.45, 7) is 3.11. The molecule has 0 aliphatic carbocycles. The minimum absolute atomic E-state index is 0.0840. The second kappa shape index (κ2) is 5.56. The molecule has 6 heteroatoms. The highest BCUT2D eigenvalue weighted by Gasteiger charge is 2.14. The van der Waals surface area contributed by atoms with Gasteiger partial charge in [-0.05, 0) is 25.1 Å². The van der Waals surface area contributed by atoms with Gasteiger partial charge >= 0.3 is 11.9 Å². The highest BCUT2D eigenvalue weighted by atomic mass is 16.5. The zero-order valence-electron chi connectivity index (χ0n) is 11.1. The molecule has 2 aromatic rings. The second-order valence-corrected chi connectivity index (χ2v) is 4.05. The predicted octanol–water partition coefficient (Wildman–Crippen LogP) is 1.63. The number of hydrogen-bond acceptors (Lipinski definition) is 5. The number of carbonyl (C=O) groups excluding carboxylic acids is 2. The summed E-state index contributed by atoms with van der Waals surface area (Å²) >= 11 is 0. The van der Waals surface area contributed by atoms with Crippen molar-refractivity contribution in [3.8, 4) is 5.75 Å². The van der Waals surface area contributed by atoms with Gasteiger partial charge in [-0.2, -0.15) is 0 Å². The summed E-state index contributed by atoms with van der Waals surface area (Å²) in [6, 6.07) is 4.58. The fourth-order valence-electron chi connectivity index (χ4n) is 1.79. The number of aromatic amines is 1. The summed E-state index contributed by atoms with van der Waals surface area (Å²) in [5.74, 6) is -0.924. The van der Waals surface area contributed by atoms with Gasteiger partial charge in [0.2, 0.25) is 5.43 Å². The van der Waals surface area contributed by atoms with Crippen LogP contribution in [0.3, 0.4) is 0 Å². The first-order chi connectivity index (χ1) is 9.52. The number of ether oxygens (including phenoxy) is 2. The van der Waals surface area contributed by atoms with E-state index in [1.165, 1.54) is 19.2 Å². The Morgan fingerprint density at radius 3 is 2.70 bits per heavy atom. The summed E-state index contributed by atoms with van der Waals surface area (Å²) in [6.07, 6.45) is 1.31. The lowest BCUT2D eigenvalue weighted by Gasteiger charge is -2.05. The lowest BCUT2D eigenvalue weighted by atomic mass is 10.1. The van der Waals surface area contributed by atoms with E-state index in [1.54, 1.807) is 19.1 Å². The number of pyridine rings is 1. The molecule has 0 aliphatic rings. The molecule has 0 amide bonds. The van der Waals surface area contributed by atoms with Crippen LogP contribution in [0.15, 0.2) is 29.2 Å². The number of rotatable bonds is 3. The van der Waals surface area contributed by atoms with Gasteiger partial charge in [0.1, 0.15) is 11.3 Å². The second-order valence-electron chi connectivity index (χ2n) is 4.05. The first-order valence-electron chi connectivity index (χ1n) is 6.04.